The number of pyridine rings is 1. The SMILES string of the molecule is Cc1[nH]nc2ncc(C(=O)NCCCN3CC(C)OC(C)C3)cc12. The minimum Gasteiger partial charge on any atom is -0.373 e. The monoisotopic (exact) mass is 331 g/mol. The number of amides is 1. The maximum Gasteiger partial charge on any atom is 0.252 e. The molecule has 1 aliphatic heterocycles. The highest BCUT2D eigenvalue weighted by atomic mass is 16.5. The van der Waals surface area contributed by atoms with Crippen molar-refractivity contribution in [1.29, 1.82) is 0 Å². The van der Waals surface area contributed by atoms with Crippen LogP contribution in [-0.4, -0.2) is 64.4 Å². The molecule has 0 aromatic carbocycles. The molecule has 7 heteroatoms. The van der Waals surface area contributed by atoms with Crippen LogP contribution in [0.5, 0.6) is 0 Å². The average molecular weight is 331 g/mol. The van der Waals surface area contributed by atoms with Crippen molar-refractivity contribution in [3.8, 4) is 0 Å². The zero-order valence-corrected chi connectivity index (χ0v) is 14.5. The molecule has 0 spiro atoms. The lowest BCUT2D eigenvalue weighted by atomic mass is 10.2. The molecule has 0 bridgehead atoms. The van der Waals surface area contributed by atoms with Crippen LogP contribution in [0.3, 0.4) is 0 Å². The second kappa shape index (κ2) is 7.27. The number of hydrogen-bond donors (Lipinski definition) is 2. The van der Waals surface area contributed by atoms with E-state index in [1.165, 1.54) is 0 Å². The fraction of sp³-hybridized carbons (Fsp3) is 0.588. The van der Waals surface area contributed by atoms with Crippen LogP contribution in [0.1, 0.15) is 36.3 Å². The standard InChI is InChI=1S/C17H25N5O2/c1-11-9-22(10-12(2)24-11)6-4-5-18-17(23)14-7-15-13(3)20-21-16(15)19-8-14/h7-8,11-12H,4-6,9-10H2,1-3H3,(H,18,23)(H,19,20,21). The summed E-state index contributed by atoms with van der Waals surface area (Å²) < 4.78 is 5.73. The van der Waals surface area contributed by atoms with Gasteiger partial charge in [0.05, 0.1) is 17.8 Å². The first kappa shape index (κ1) is 16.9. The summed E-state index contributed by atoms with van der Waals surface area (Å²) >= 11 is 0. The highest BCUT2D eigenvalue weighted by Crippen LogP contribution is 2.14. The van der Waals surface area contributed by atoms with Gasteiger partial charge in [0.2, 0.25) is 0 Å². The van der Waals surface area contributed by atoms with Crippen LogP contribution in [0, 0.1) is 6.92 Å². The summed E-state index contributed by atoms with van der Waals surface area (Å²) in [5.41, 5.74) is 2.13. The molecule has 2 aromatic rings. The highest BCUT2D eigenvalue weighted by Gasteiger charge is 2.21. The van der Waals surface area contributed by atoms with Crippen molar-refractivity contribution in [2.75, 3.05) is 26.2 Å². The van der Waals surface area contributed by atoms with E-state index >= 15 is 0 Å². The van der Waals surface area contributed by atoms with E-state index in [2.05, 4.69) is 39.2 Å². The fourth-order valence-electron chi connectivity index (χ4n) is 3.22. The Labute approximate surface area is 141 Å². The first-order valence-corrected chi connectivity index (χ1v) is 8.49. The van der Waals surface area contributed by atoms with Gasteiger partial charge >= 0.3 is 0 Å². The Kier molecular flexibility index (Phi) is 5.11. The number of aromatic amines is 1. The van der Waals surface area contributed by atoms with E-state index in [1.54, 1.807) is 6.20 Å². The van der Waals surface area contributed by atoms with Crippen molar-refractivity contribution in [2.45, 2.75) is 39.4 Å². The van der Waals surface area contributed by atoms with Gasteiger partial charge in [-0.3, -0.25) is 14.8 Å². The normalized spacial score (nSPS) is 22.0. The number of carbonyl (C=O) groups excluding carboxylic acids is 1. The van der Waals surface area contributed by atoms with E-state index in [1.807, 2.05) is 13.0 Å². The molecule has 0 aliphatic carbocycles. The maximum atomic E-state index is 12.3. The van der Waals surface area contributed by atoms with Gasteiger partial charge in [0, 0.05) is 43.5 Å². The molecular weight excluding hydrogens is 306 g/mol. The molecule has 2 N–H and O–H groups in total. The summed E-state index contributed by atoms with van der Waals surface area (Å²) in [6.07, 6.45) is 3.05. The first-order chi connectivity index (χ1) is 11.5. The van der Waals surface area contributed by atoms with Crippen LogP contribution in [0.4, 0.5) is 0 Å². The number of nitrogens with zero attached hydrogens (tertiary/aromatic N) is 3. The quantitative estimate of drug-likeness (QED) is 0.811. The summed E-state index contributed by atoms with van der Waals surface area (Å²) in [5, 5.41) is 10.8. The number of carbonyl (C=O) groups is 1. The summed E-state index contributed by atoms with van der Waals surface area (Å²) in [4.78, 5) is 18.9. The predicted molar refractivity (Wildman–Crippen MR) is 92.0 cm³/mol. The van der Waals surface area contributed by atoms with Gasteiger partial charge in [-0.05, 0) is 33.3 Å². The molecule has 1 aliphatic rings. The van der Waals surface area contributed by atoms with Crippen molar-refractivity contribution in [3.63, 3.8) is 0 Å². The van der Waals surface area contributed by atoms with Crippen molar-refractivity contribution in [1.82, 2.24) is 25.4 Å². The zero-order chi connectivity index (χ0) is 17.1. The van der Waals surface area contributed by atoms with Gasteiger partial charge in [0.25, 0.3) is 5.91 Å². The van der Waals surface area contributed by atoms with Crippen molar-refractivity contribution >= 4 is 16.9 Å². The smallest absolute Gasteiger partial charge is 0.252 e. The Morgan fingerprint density at radius 2 is 2.17 bits per heavy atom. The van der Waals surface area contributed by atoms with Crippen LogP contribution in [0.2, 0.25) is 0 Å². The summed E-state index contributed by atoms with van der Waals surface area (Å²) in [5.74, 6) is -0.0892. The molecule has 3 heterocycles. The molecule has 0 saturated carbocycles. The maximum absolute atomic E-state index is 12.3. The Hall–Kier alpha value is -1.99. The van der Waals surface area contributed by atoms with Gasteiger partial charge in [0.1, 0.15) is 0 Å². The number of ether oxygens (including phenoxy) is 1. The third-order valence-corrected chi connectivity index (χ3v) is 4.29. The Morgan fingerprint density at radius 3 is 2.92 bits per heavy atom. The van der Waals surface area contributed by atoms with Gasteiger partial charge in [-0.25, -0.2) is 4.98 Å². The minimum absolute atomic E-state index is 0.0892. The molecule has 7 nitrogen and oxygen atoms in total. The van der Waals surface area contributed by atoms with Crippen molar-refractivity contribution in [3.05, 3.63) is 23.5 Å². The van der Waals surface area contributed by atoms with E-state index in [0.717, 1.165) is 37.1 Å². The second-order valence-corrected chi connectivity index (χ2v) is 6.57. The van der Waals surface area contributed by atoms with Gasteiger partial charge in [-0.15, -0.1) is 0 Å². The van der Waals surface area contributed by atoms with E-state index in [9.17, 15) is 4.79 Å². The topological polar surface area (TPSA) is 83.1 Å². The molecule has 1 amide bonds. The van der Waals surface area contributed by atoms with E-state index in [4.69, 9.17) is 4.74 Å². The molecule has 2 unspecified atom stereocenters. The number of nitrogens with one attached hydrogen (secondary N) is 2. The minimum atomic E-state index is -0.0892. The fourth-order valence-corrected chi connectivity index (χ4v) is 3.22. The Morgan fingerprint density at radius 1 is 1.42 bits per heavy atom. The summed E-state index contributed by atoms with van der Waals surface area (Å²) in [6, 6.07) is 1.84. The molecule has 1 saturated heterocycles. The van der Waals surface area contributed by atoms with Crippen molar-refractivity contribution < 1.29 is 9.53 Å². The van der Waals surface area contributed by atoms with Crippen LogP contribution < -0.4 is 5.32 Å². The number of rotatable bonds is 5. The number of aryl methyl sites for hydroxylation is 1. The van der Waals surface area contributed by atoms with Crippen LogP contribution in [0.25, 0.3) is 11.0 Å². The first-order valence-electron chi connectivity index (χ1n) is 8.49. The average Bonchev–Trinajstić information content (AvgIpc) is 2.91. The van der Waals surface area contributed by atoms with E-state index < -0.39 is 0 Å². The van der Waals surface area contributed by atoms with Gasteiger partial charge in [0.15, 0.2) is 5.65 Å². The number of H-pyrrole nitrogens is 1. The number of aromatic nitrogens is 3. The summed E-state index contributed by atoms with van der Waals surface area (Å²) in [6.45, 7) is 9.66. The van der Waals surface area contributed by atoms with E-state index in [-0.39, 0.29) is 18.1 Å². The Balaban J connectivity index is 1.47. The highest BCUT2D eigenvalue weighted by molar-refractivity contribution is 5.97. The largest absolute Gasteiger partial charge is 0.373 e. The third-order valence-electron chi connectivity index (χ3n) is 4.29. The van der Waals surface area contributed by atoms with Gasteiger partial charge in [-0.1, -0.05) is 0 Å². The lowest BCUT2D eigenvalue weighted by Crippen LogP contribution is -2.46. The number of morpholine rings is 1. The zero-order valence-electron chi connectivity index (χ0n) is 14.5. The molecular formula is C17H25N5O2. The second-order valence-electron chi connectivity index (χ2n) is 6.57. The van der Waals surface area contributed by atoms with Gasteiger partial charge in [-0.2, -0.15) is 5.10 Å². The molecule has 24 heavy (non-hydrogen) atoms. The lowest BCUT2D eigenvalue weighted by Gasteiger charge is -2.35. The molecule has 130 valence electrons. The van der Waals surface area contributed by atoms with Gasteiger partial charge < -0.3 is 10.1 Å². The van der Waals surface area contributed by atoms with E-state index in [0.29, 0.717) is 17.8 Å². The molecule has 0 radical (unpaired) electrons. The summed E-state index contributed by atoms with van der Waals surface area (Å²) in [7, 11) is 0. The van der Waals surface area contributed by atoms with Crippen LogP contribution in [0.15, 0.2) is 12.3 Å². The van der Waals surface area contributed by atoms with Crippen LogP contribution >= 0.6 is 0 Å². The Bertz CT molecular complexity index is 704. The third kappa shape index (κ3) is 3.91. The molecule has 2 aromatic heterocycles. The number of fused-ring (bicyclic) bond motifs is 1. The predicted octanol–water partition coefficient (Wildman–Crippen LogP) is 1.50. The van der Waals surface area contributed by atoms with Crippen LogP contribution in [-0.2, 0) is 4.74 Å². The van der Waals surface area contributed by atoms with Crippen molar-refractivity contribution in [2.24, 2.45) is 0 Å². The molecule has 1 fully saturated rings. The lowest BCUT2D eigenvalue weighted by molar-refractivity contribution is -0.0679. The molecule has 2 atom stereocenters. The number of hydrogen-bond acceptors (Lipinski definition) is 5. The molecule has 3 rings (SSSR count).